The number of nitrogens with one attached hydrogen (secondary N) is 1. The number of hydrogen-bond donors (Lipinski definition) is 1. The van der Waals surface area contributed by atoms with Gasteiger partial charge in [-0.15, -0.1) is 0 Å². The molecule has 1 aliphatic rings. The predicted octanol–water partition coefficient (Wildman–Crippen LogP) is 7.08. The van der Waals surface area contributed by atoms with Crippen LogP contribution in [0.2, 0.25) is 19.6 Å². The van der Waals surface area contributed by atoms with Crippen molar-refractivity contribution < 1.29 is 12.8 Å². The molecule has 1 aliphatic carbocycles. The molecule has 36 heavy (non-hydrogen) atoms. The van der Waals surface area contributed by atoms with Gasteiger partial charge in [-0.25, -0.2) is 13.1 Å². The molecule has 0 fully saturated rings. The second-order valence-electron chi connectivity index (χ2n) is 11.0. The van der Waals surface area contributed by atoms with Crippen molar-refractivity contribution in [2.75, 3.05) is 0 Å². The number of fused-ring (bicyclic) bond motifs is 2. The number of rotatable bonds is 5. The van der Waals surface area contributed by atoms with E-state index in [4.69, 9.17) is 4.43 Å². The highest BCUT2D eigenvalue weighted by Gasteiger charge is 2.37. The minimum absolute atomic E-state index is 0.211. The van der Waals surface area contributed by atoms with Crippen LogP contribution < -0.4 is 4.72 Å². The predicted molar refractivity (Wildman–Crippen MR) is 151 cm³/mol. The second-order valence-corrected chi connectivity index (χ2v) is 17.2. The Kier molecular flexibility index (Phi) is 5.50. The zero-order valence-electron chi connectivity index (χ0n) is 21.1. The molecule has 0 heterocycles. The molecule has 5 aromatic rings. The van der Waals surface area contributed by atoms with Gasteiger partial charge in [-0.05, 0) is 101 Å². The molecule has 6 heteroatoms. The zero-order chi connectivity index (χ0) is 25.2. The quantitative estimate of drug-likeness (QED) is 0.202. The van der Waals surface area contributed by atoms with Gasteiger partial charge in [-0.1, -0.05) is 60.2 Å². The van der Waals surface area contributed by atoms with Crippen LogP contribution in [-0.4, -0.2) is 22.8 Å². The van der Waals surface area contributed by atoms with E-state index < -0.39 is 24.4 Å². The minimum Gasteiger partial charge on any atom is -0.413 e. The van der Waals surface area contributed by atoms with Crippen LogP contribution in [0.15, 0.2) is 77.7 Å². The molecular formula is C30H31NO3SSi. The lowest BCUT2D eigenvalue weighted by Gasteiger charge is -2.38. The van der Waals surface area contributed by atoms with Crippen molar-refractivity contribution >= 4 is 50.7 Å². The van der Waals surface area contributed by atoms with Crippen LogP contribution in [0.4, 0.5) is 0 Å². The van der Waals surface area contributed by atoms with E-state index in [0.29, 0.717) is 0 Å². The first-order valence-electron chi connectivity index (χ1n) is 12.6. The molecule has 2 atom stereocenters. The summed E-state index contributed by atoms with van der Waals surface area (Å²) >= 11 is 0. The van der Waals surface area contributed by atoms with Crippen molar-refractivity contribution in [3.05, 3.63) is 89.5 Å². The molecule has 2 unspecified atom stereocenters. The Labute approximate surface area is 213 Å². The van der Waals surface area contributed by atoms with Crippen LogP contribution in [-0.2, 0) is 20.9 Å². The molecule has 1 N–H and O–H groups in total. The number of aryl methyl sites for hydroxylation is 2. The van der Waals surface area contributed by atoms with Crippen molar-refractivity contribution in [3.8, 4) is 0 Å². The number of benzene rings is 5. The lowest BCUT2D eigenvalue weighted by atomic mass is 9.80. The van der Waals surface area contributed by atoms with Crippen LogP contribution in [0, 0.1) is 6.92 Å². The summed E-state index contributed by atoms with van der Waals surface area (Å²) < 4.78 is 36.8. The summed E-state index contributed by atoms with van der Waals surface area (Å²) in [5, 5.41) is 7.39. The molecule has 184 valence electrons. The third-order valence-electron chi connectivity index (χ3n) is 7.30. The van der Waals surface area contributed by atoms with Crippen molar-refractivity contribution in [1.82, 2.24) is 4.72 Å². The number of hydrogen-bond acceptors (Lipinski definition) is 3. The average molecular weight is 514 g/mol. The highest BCUT2D eigenvalue weighted by Crippen LogP contribution is 2.43. The Hall–Kier alpha value is -2.77. The van der Waals surface area contributed by atoms with Gasteiger partial charge in [0.05, 0.1) is 17.0 Å². The van der Waals surface area contributed by atoms with Gasteiger partial charge >= 0.3 is 0 Å². The fourth-order valence-electron chi connectivity index (χ4n) is 5.77. The largest absolute Gasteiger partial charge is 0.413 e. The summed E-state index contributed by atoms with van der Waals surface area (Å²) in [5.74, 6) is 0. The molecule has 4 nitrogen and oxygen atoms in total. The maximum atomic E-state index is 13.6. The van der Waals surface area contributed by atoms with Gasteiger partial charge in [0.2, 0.25) is 10.0 Å². The fourth-order valence-corrected chi connectivity index (χ4v) is 8.18. The van der Waals surface area contributed by atoms with Gasteiger partial charge in [0.15, 0.2) is 8.32 Å². The topological polar surface area (TPSA) is 55.4 Å². The Morgan fingerprint density at radius 3 is 2.22 bits per heavy atom. The van der Waals surface area contributed by atoms with Crippen LogP contribution in [0.5, 0.6) is 0 Å². The molecule has 0 saturated carbocycles. The van der Waals surface area contributed by atoms with Gasteiger partial charge in [0.1, 0.15) is 0 Å². The van der Waals surface area contributed by atoms with E-state index in [9.17, 15) is 8.42 Å². The summed E-state index contributed by atoms with van der Waals surface area (Å²) in [6.45, 7) is 8.44. The van der Waals surface area contributed by atoms with E-state index in [0.717, 1.165) is 29.4 Å². The molecule has 0 aromatic heterocycles. The van der Waals surface area contributed by atoms with Crippen molar-refractivity contribution in [2.45, 2.75) is 56.4 Å². The first-order chi connectivity index (χ1) is 17.1. The van der Waals surface area contributed by atoms with Crippen molar-refractivity contribution in [1.29, 1.82) is 0 Å². The average Bonchev–Trinajstić information content (AvgIpc) is 2.83. The molecule has 0 radical (unpaired) electrons. The van der Waals surface area contributed by atoms with E-state index in [2.05, 4.69) is 72.9 Å². The van der Waals surface area contributed by atoms with E-state index >= 15 is 0 Å². The third-order valence-corrected chi connectivity index (χ3v) is 9.76. The summed E-state index contributed by atoms with van der Waals surface area (Å²) in [6, 6.07) is 24.0. The number of sulfonamides is 1. The maximum Gasteiger partial charge on any atom is 0.241 e. The van der Waals surface area contributed by atoms with Gasteiger partial charge in [0, 0.05) is 0 Å². The lowest BCUT2D eigenvalue weighted by molar-refractivity contribution is 0.139. The first-order valence-corrected chi connectivity index (χ1v) is 17.5. The Morgan fingerprint density at radius 2 is 1.53 bits per heavy atom. The molecule has 0 aliphatic heterocycles. The van der Waals surface area contributed by atoms with Crippen LogP contribution in [0.1, 0.15) is 29.2 Å². The smallest absolute Gasteiger partial charge is 0.241 e. The van der Waals surface area contributed by atoms with E-state index in [1.54, 1.807) is 12.1 Å². The van der Waals surface area contributed by atoms with Crippen LogP contribution in [0.25, 0.3) is 32.3 Å². The maximum absolute atomic E-state index is 13.6. The molecule has 0 amide bonds. The van der Waals surface area contributed by atoms with E-state index in [1.807, 2.05) is 19.1 Å². The fraction of sp³-hybridized carbons (Fsp3) is 0.267. The SMILES string of the molecule is Cc1ccc(S(=O)(=O)NC2c3cc4ccc5cccc6ccc(c3CCC2O[Si](C)(C)C)c4c56)cc1. The van der Waals surface area contributed by atoms with Gasteiger partial charge in [-0.2, -0.15) is 0 Å². The highest BCUT2D eigenvalue weighted by molar-refractivity contribution is 7.89. The first kappa shape index (κ1) is 23.6. The summed E-state index contributed by atoms with van der Waals surface area (Å²) in [5.41, 5.74) is 3.29. The molecular weight excluding hydrogens is 482 g/mol. The van der Waals surface area contributed by atoms with Gasteiger partial charge < -0.3 is 4.43 Å². The summed E-state index contributed by atoms with van der Waals surface area (Å²) in [6.07, 6.45) is 1.43. The summed E-state index contributed by atoms with van der Waals surface area (Å²) in [4.78, 5) is 0.282. The molecule has 0 bridgehead atoms. The van der Waals surface area contributed by atoms with E-state index in [1.165, 1.54) is 32.5 Å². The Bertz CT molecular complexity index is 1690. The normalized spacial score (nSPS) is 18.8. The summed E-state index contributed by atoms with van der Waals surface area (Å²) in [7, 11) is -5.66. The van der Waals surface area contributed by atoms with E-state index in [-0.39, 0.29) is 11.0 Å². The Balaban J connectivity index is 1.54. The standard InChI is InChI=1S/C30H31NO3SSi/c1-19-8-13-23(14-9-19)35(32,33)31-30-26-18-22-11-10-20-6-5-7-21-12-15-25(29(22)28(20)21)24(26)16-17-27(30)34-36(2,3)4/h5-15,18,27,30-31H,16-17H2,1-4H3. The molecule has 0 spiro atoms. The van der Waals surface area contributed by atoms with Crippen LogP contribution >= 0.6 is 0 Å². The van der Waals surface area contributed by atoms with Gasteiger partial charge in [0.25, 0.3) is 0 Å². The minimum atomic E-state index is -3.74. The molecule has 0 saturated heterocycles. The van der Waals surface area contributed by atoms with Gasteiger partial charge in [-0.3, -0.25) is 0 Å². The lowest BCUT2D eigenvalue weighted by Crippen LogP contribution is -2.45. The van der Waals surface area contributed by atoms with Crippen LogP contribution in [0.3, 0.4) is 0 Å². The Morgan fingerprint density at radius 1 is 0.861 bits per heavy atom. The van der Waals surface area contributed by atoms with Crippen molar-refractivity contribution in [3.63, 3.8) is 0 Å². The second kappa shape index (κ2) is 8.38. The molecule has 6 rings (SSSR count). The zero-order valence-corrected chi connectivity index (χ0v) is 22.9. The highest BCUT2D eigenvalue weighted by atomic mass is 32.2. The molecule has 5 aromatic carbocycles. The third kappa shape index (κ3) is 4.02. The van der Waals surface area contributed by atoms with Crippen molar-refractivity contribution in [2.24, 2.45) is 0 Å². The monoisotopic (exact) mass is 513 g/mol.